The van der Waals surface area contributed by atoms with Gasteiger partial charge in [-0.2, -0.15) is 0 Å². The Labute approximate surface area is 209 Å². The van der Waals surface area contributed by atoms with Crippen molar-refractivity contribution in [1.29, 1.82) is 0 Å². The zero-order valence-electron chi connectivity index (χ0n) is 19.8. The van der Waals surface area contributed by atoms with Gasteiger partial charge in [-0.15, -0.1) is 0 Å². The number of benzene rings is 2. The van der Waals surface area contributed by atoms with Gasteiger partial charge in [-0.3, -0.25) is 9.59 Å². The summed E-state index contributed by atoms with van der Waals surface area (Å²) in [4.78, 5) is 30.8. The lowest BCUT2D eigenvalue weighted by atomic mass is 9.90. The minimum absolute atomic E-state index is 0.0431. The standard InChI is InChI=1S/C27H23F3N2O5/c1-36-13-15-10-23(33)26(35)27(37-15)18(14-8-19(28)25(30)20(29)9-14)11-24(34)32-7-6-17-16-4-2-3-5-21(16)31-22(17)12-32/h2-5,8-10,18,31,35H,6-7,11-13H2,1H3/t18-/m1/s1. The van der Waals surface area contributed by atoms with Gasteiger partial charge in [-0.25, -0.2) is 13.2 Å². The summed E-state index contributed by atoms with van der Waals surface area (Å²) >= 11 is 0. The molecule has 0 saturated heterocycles. The number of aromatic nitrogens is 1. The lowest BCUT2D eigenvalue weighted by Crippen LogP contribution is -2.36. The van der Waals surface area contributed by atoms with Crippen molar-refractivity contribution < 1.29 is 32.2 Å². The molecule has 0 unspecified atom stereocenters. The Balaban J connectivity index is 1.51. The van der Waals surface area contributed by atoms with Crippen LogP contribution < -0.4 is 5.43 Å². The van der Waals surface area contributed by atoms with E-state index in [2.05, 4.69) is 4.98 Å². The van der Waals surface area contributed by atoms with E-state index < -0.39 is 46.9 Å². The summed E-state index contributed by atoms with van der Waals surface area (Å²) in [6.07, 6.45) is 0.201. The smallest absolute Gasteiger partial charge is 0.227 e. The molecule has 0 saturated carbocycles. The van der Waals surface area contributed by atoms with Crippen LogP contribution in [-0.4, -0.2) is 34.6 Å². The first-order valence-corrected chi connectivity index (χ1v) is 11.6. The maximum atomic E-state index is 14.2. The summed E-state index contributed by atoms with van der Waals surface area (Å²) in [5, 5.41) is 11.6. The Morgan fingerprint density at radius 3 is 2.65 bits per heavy atom. The first kappa shape index (κ1) is 24.6. The quantitative estimate of drug-likeness (QED) is 0.371. The van der Waals surface area contributed by atoms with Gasteiger partial charge in [-0.1, -0.05) is 18.2 Å². The summed E-state index contributed by atoms with van der Waals surface area (Å²) in [5.74, 6) is -7.41. The Morgan fingerprint density at radius 2 is 1.92 bits per heavy atom. The maximum Gasteiger partial charge on any atom is 0.227 e. The number of methoxy groups -OCH3 is 1. The van der Waals surface area contributed by atoms with Crippen molar-refractivity contribution >= 4 is 16.8 Å². The van der Waals surface area contributed by atoms with E-state index in [1.165, 1.54) is 7.11 Å². The Bertz CT molecular complexity index is 1540. The number of hydrogen-bond donors (Lipinski definition) is 2. The number of fused-ring (bicyclic) bond motifs is 3. The number of nitrogens with one attached hydrogen (secondary N) is 1. The normalized spacial score (nSPS) is 14.1. The zero-order chi connectivity index (χ0) is 26.3. The van der Waals surface area contributed by atoms with Gasteiger partial charge in [0, 0.05) is 42.7 Å². The molecule has 0 fully saturated rings. The molecule has 37 heavy (non-hydrogen) atoms. The lowest BCUT2D eigenvalue weighted by Gasteiger charge is -2.29. The number of nitrogens with zero attached hydrogens (tertiary/aromatic N) is 1. The van der Waals surface area contributed by atoms with Crippen LogP contribution in [0.15, 0.2) is 51.7 Å². The van der Waals surface area contributed by atoms with E-state index in [0.29, 0.717) is 13.0 Å². The van der Waals surface area contributed by atoms with Crippen LogP contribution in [0.25, 0.3) is 10.9 Å². The van der Waals surface area contributed by atoms with E-state index in [1.54, 1.807) is 4.90 Å². The second-order valence-corrected chi connectivity index (χ2v) is 8.97. The fourth-order valence-corrected chi connectivity index (χ4v) is 4.85. The van der Waals surface area contributed by atoms with Gasteiger partial charge >= 0.3 is 0 Å². The van der Waals surface area contributed by atoms with Crippen LogP contribution in [0.5, 0.6) is 5.75 Å². The van der Waals surface area contributed by atoms with Crippen molar-refractivity contribution in [2.75, 3.05) is 13.7 Å². The lowest BCUT2D eigenvalue weighted by molar-refractivity contribution is -0.132. The topological polar surface area (TPSA) is 95.8 Å². The minimum atomic E-state index is -1.67. The van der Waals surface area contributed by atoms with Crippen LogP contribution in [0.1, 0.15) is 40.7 Å². The Kier molecular flexibility index (Phi) is 6.51. The van der Waals surface area contributed by atoms with Crippen LogP contribution in [0.2, 0.25) is 0 Å². The van der Waals surface area contributed by atoms with Gasteiger partial charge < -0.3 is 24.1 Å². The van der Waals surface area contributed by atoms with Crippen molar-refractivity contribution in [3.63, 3.8) is 0 Å². The first-order chi connectivity index (χ1) is 17.8. The van der Waals surface area contributed by atoms with Crippen LogP contribution in [0.3, 0.4) is 0 Å². The van der Waals surface area contributed by atoms with E-state index >= 15 is 0 Å². The molecule has 0 spiro atoms. The zero-order valence-corrected chi connectivity index (χ0v) is 19.8. The molecule has 1 amide bonds. The molecule has 0 radical (unpaired) electrons. The SMILES string of the molecule is COCc1cc(=O)c(O)c([C@H](CC(=O)N2CCc3c([nH]c4ccccc34)C2)c2cc(F)c(F)c(F)c2)o1. The fourth-order valence-electron chi connectivity index (χ4n) is 4.85. The highest BCUT2D eigenvalue weighted by molar-refractivity contribution is 5.86. The summed E-state index contributed by atoms with van der Waals surface area (Å²) < 4.78 is 52.7. The average Bonchev–Trinajstić information content (AvgIpc) is 3.25. The van der Waals surface area contributed by atoms with Crippen LogP contribution >= 0.6 is 0 Å². The molecular formula is C27H23F3N2O5. The molecule has 10 heteroatoms. The third-order valence-corrected chi connectivity index (χ3v) is 6.63. The molecule has 3 heterocycles. The molecule has 4 aromatic rings. The van der Waals surface area contributed by atoms with E-state index in [4.69, 9.17) is 9.15 Å². The second-order valence-electron chi connectivity index (χ2n) is 8.97. The molecule has 0 aliphatic carbocycles. The summed E-state index contributed by atoms with van der Waals surface area (Å²) in [6.45, 7) is 0.554. The van der Waals surface area contributed by atoms with Crippen molar-refractivity contribution in [2.24, 2.45) is 0 Å². The molecule has 1 aliphatic rings. The number of rotatable bonds is 6. The third-order valence-electron chi connectivity index (χ3n) is 6.63. The minimum Gasteiger partial charge on any atom is -0.502 e. The predicted molar refractivity (Wildman–Crippen MR) is 128 cm³/mol. The van der Waals surface area contributed by atoms with Crippen molar-refractivity contribution in [3.8, 4) is 5.75 Å². The molecule has 2 aromatic carbocycles. The number of ether oxygens (including phenoxy) is 1. The molecular weight excluding hydrogens is 489 g/mol. The Hall–Kier alpha value is -4.05. The number of aromatic amines is 1. The number of halogens is 3. The third kappa shape index (κ3) is 4.60. The highest BCUT2D eigenvalue weighted by Crippen LogP contribution is 2.36. The van der Waals surface area contributed by atoms with Crippen LogP contribution in [0.4, 0.5) is 13.2 Å². The van der Waals surface area contributed by atoms with Gasteiger partial charge in [-0.05, 0) is 35.7 Å². The molecule has 7 nitrogen and oxygen atoms in total. The van der Waals surface area contributed by atoms with E-state index in [0.717, 1.165) is 40.4 Å². The Morgan fingerprint density at radius 1 is 1.19 bits per heavy atom. The molecule has 2 N–H and O–H groups in total. The number of amides is 1. The number of aromatic hydroxyl groups is 1. The van der Waals surface area contributed by atoms with Crippen molar-refractivity contribution in [3.05, 3.63) is 98.5 Å². The number of para-hydroxylation sites is 1. The second kappa shape index (κ2) is 9.78. The van der Waals surface area contributed by atoms with Crippen molar-refractivity contribution in [2.45, 2.75) is 31.9 Å². The summed E-state index contributed by atoms with van der Waals surface area (Å²) in [5.41, 5.74) is 1.98. The average molecular weight is 512 g/mol. The maximum absolute atomic E-state index is 14.2. The van der Waals surface area contributed by atoms with Gasteiger partial charge in [0.25, 0.3) is 0 Å². The highest BCUT2D eigenvalue weighted by Gasteiger charge is 2.31. The van der Waals surface area contributed by atoms with E-state index in [1.807, 2.05) is 24.3 Å². The van der Waals surface area contributed by atoms with Gasteiger partial charge in [0.05, 0.1) is 12.5 Å². The van der Waals surface area contributed by atoms with Crippen molar-refractivity contribution in [1.82, 2.24) is 9.88 Å². The monoisotopic (exact) mass is 512 g/mol. The fraction of sp³-hybridized carbons (Fsp3) is 0.259. The van der Waals surface area contributed by atoms with Gasteiger partial charge in [0.15, 0.2) is 23.2 Å². The van der Waals surface area contributed by atoms with Crippen LogP contribution in [-0.2, 0) is 29.1 Å². The molecule has 5 rings (SSSR count). The summed E-state index contributed by atoms with van der Waals surface area (Å²) in [7, 11) is 1.37. The summed E-state index contributed by atoms with van der Waals surface area (Å²) in [6, 6.07) is 10.3. The van der Waals surface area contributed by atoms with Crippen LogP contribution in [0, 0.1) is 17.5 Å². The molecule has 1 atom stereocenters. The number of carbonyl (C=O) groups is 1. The van der Waals surface area contributed by atoms with E-state index in [-0.39, 0.29) is 30.2 Å². The molecule has 2 aromatic heterocycles. The molecule has 1 aliphatic heterocycles. The predicted octanol–water partition coefficient (Wildman–Crippen LogP) is 4.50. The van der Waals surface area contributed by atoms with Gasteiger partial charge in [0.1, 0.15) is 12.4 Å². The van der Waals surface area contributed by atoms with E-state index in [9.17, 15) is 27.9 Å². The highest BCUT2D eigenvalue weighted by atomic mass is 19.2. The number of carbonyl (C=O) groups excluding carboxylic acids is 1. The number of hydrogen-bond acceptors (Lipinski definition) is 5. The molecule has 0 bridgehead atoms. The largest absolute Gasteiger partial charge is 0.502 e. The molecule has 192 valence electrons. The van der Waals surface area contributed by atoms with Gasteiger partial charge in [0.2, 0.25) is 17.1 Å². The first-order valence-electron chi connectivity index (χ1n) is 11.6. The number of H-pyrrole nitrogens is 1.